The Morgan fingerprint density at radius 1 is 1.29 bits per heavy atom. The summed E-state index contributed by atoms with van der Waals surface area (Å²) >= 11 is 0. The zero-order valence-corrected chi connectivity index (χ0v) is 9.73. The van der Waals surface area contributed by atoms with E-state index in [0.717, 1.165) is 11.3 Å². The van der Waals surface area contributed by atoms with Crippen LogP contribution in [0, 0.1) is 12.7 Å². The normalized spacial score (nSPS) is 12.4. The highest BCUT2D eigenvalue weighted by Gasteiger charge is 2.12. The molecule has 1 aromatic carbocycles. The molecule has 0 amide bonds. The molecule has 0 fully saturated rings. The van der Waals surface area contributed by atoms with E-state index < -0.39 is 0 Å². The molecule has 0 saturated carbocycles. The minimum Gasteiger partial charge on any atom is -0.324 e. The quantitative estimate of drug-likeness (QED) is 0.880. The Morgan fingerprint density at radius 3 is 2.76 bits per heavy atom. The smallest absolute Gasteiger partial charge is 0.128 e. The van der Waals surface area contributed by atoms with Gasteiger partial charge in [-0.05, 0) is 30.7 Å². The van der Waals surface area contributed by atoms with Gasteiger partial charge in [-0.15, -0.1) is 0 Å². The van der Waals surface area contributed by atoms with Gasteiger partial charge in [0.25, 0.3) is 0 Å². The van der Waals surface area contributed by atoms with Gasteiger partial charge in [-0.1, -0.05) is 18.2 Å². The largest absolute Gasteiger partial charge is 0.324 e. The third-order valence-corrected chi connectivity index (χ3v) is 2.71. The van der Waals surface area contributed by atoms with Crippen LogP contribution in [0.1, 0.15) is 22.9 Å². The highest BCUT2D eigenvalue weighted by Crippen LogP contribution is 2.19. The maximum absolute atomic E-state index is 13.7. The molecule has 0 aliphatic heterocycles. The summed E-state index contributed by atoms with van der Waals surface area (Å²) in [7, 11) is 0. The zero-order valence-electron chi connectivity index (χ0n) is 9.73. The fourth-order valence-corrected chi connectivity index (χ4v) is 1.79. The van der Waals surface area contributed by atoms with E-state index >= 15 is 0 Å². The van der Waals surface area contributed by atoms with Crippen LogP contribution in [0.5, 0.6) is 0 Å². The van der Waals surface area contributed by atoms with Crippen molar-refractivity contribution in [1.82, 2.24) is 4.98 Å². The molecule has 2 rings (SSSR count). The molecule has 0 saturated heterocycles. The molecule has 3 heteroatoms. The van der Waals surface area contributed by atoms with Gasteiger partial charge in [-0.2, -0.15) is 0 Å². The van der Waals surface area contributed by atoms with E-state index in [0.29, 0.717) is 12.0 Å². The van der Waals surface area contributed by atoms with Gasteiger partial charge in [0.2, 0.25) is 0 Å². The van der Waals surface area contributed by atoms with Crippen LogP contribution in [-0.4, -0.2) is 4.98 Å². The summed E-state index contributed by atoms with van der Waals surface area (Å²) in [5, 5.41) is 0. The SMILES string of the molecule is Cc1ccc(C(N)Cc2ccccn2)c(F)c1. The standard InChI is InChI=1S/C14H15FN2/c1-10-5-6-12(13(15)8-10)14(16)9-11-4-2-3-7-17-11/h2-8,14H,9,16H2,1H3. The highest BCUT2D eigenvalue weighted by atomic mass is 19.1. The van der Waals surface area contributed by atoms with Gasteiger partial charge in [-0.3, -0.25) is 4.98 Å². The topological polar surface area (TPSA) is 38.9 Å². The fraction of sp³-hybridized carbons (Fsp3) is 0.214. The lowest BCUT2D eigenvalue weighted by molar-refractivity contribution is 0.577. The predicted molar refractivity (Wildman–Crippen MR) is 66.0 cm³/mol. The Labute approximate surface area is 100 Å². The molecule has 1 aromatic heterocycles. The van der Waals surface area contributed by atoms with Gasteiger partial charge in [0, 0.05) is 29.9 Å². The van der Waals surface area contributed by atoms with Crippen LogP contribution >= 0.6 is 0 Å². The van der Waals surface area contributed by atoms with Crippen molar-refractivity contribution in [2.45, 2.75) is 19.4 Å². The molecule has 0 spiro atoms. The van der Waals surface area contributed by atoms with Gasteiger partial charge in [0.15, 0.2) is 0 Å². The lowest BCUT2D eigenvalue weighted by Gasteiger charge is -2.12. The Bertz CT molecular complexity index is 497. The summed E-state index contributed by atoms with van der Waals surface area (Å²) in [5.41, 5.74) is 8.32. The number of aromatic nitrogens is 1. The first kappa shape index (κ1) is 11.7. The average Bonchev–Trinajstić information content (AvgIpc) is 2.30. The fourth-order valence-electron chi connectivity index (χ4n) is 1.79. The summed E-state index contributed by atoms with van der Waals surface area (Å²) in [6, 6.07) is 10.4. The predicted octanol–water partition coefficient (Wildman–Crippen LogP) is 2.77. The third-order valence-electron chi connectivity index (χ3n) is 2.71. The number of benzene rings is 1. The van der Waals surface area contributed by atoms with Crippen LogP contribution in [0.3, 0.4) is 0 Å². The molecule has 0 radical (unpaired) electrons. The van der Waals surface area contributed by atoms with Crippen molar-refractivity contribution in [3.05, 3.63) is 65.2 Å². The minimum atomic E-state index is -0.356. The summed E-state index contributed by atoms with van der Waals surface area (Å²) in [5.74, 6) is -0.242. The monoisotopic (exact) mass is 230 g/mol. The van der Waals surface area contributed by atoms with E-state index in [1.54, 1.807) is 12.3 Å². The van der Waals surface area contributed by atoms with Crippen molar-refractivity contribution in [3.8, 4) is 0 Å². The van der Waals surface area contributed by atoms with E-state index in [-0.39, 0.29) is 11.9 Å². The van der Waals surface area contributed by atoms with Gasteiger partial charge < -0.3 is 5.73 Å². The van der Waals surface area contributed by atoms with Crippen molar-refractivity contribution < 1.29 is 4.39 Å². The van der Waals surface area contributed by atoms with E-state index in [9.17, 15) is 4.39 Å². The van der Waals surface area contributed by atoms with Crippen LogP contribution in [0.2, 0.25) is 0 Å². The minimum absolute atomic E-state index is 0.242. The summed E-state index contributed by atoms with van der Waals surface area (Å²) in [6.45, 7) is 1.86. The van der Waals surface area contributed by atoms with E-state index in [4.69, 9.17) is 5.73 Å². The van der Waals surface area contributed by atoms with Crippen LogP contribution in [0.4, 0.5) is 4.39 Å². The third kappa shape index (κ3) is 2.88. The first-order valence-electron chi connectivity index (χ1n) is 5.58. The molecular weight excluding hydrogens is 215 g/mol. The van der Waals surface area contributed by atoms with Gasteiger partial charge >= 0.3 is 0 Å². The number of nitrogens with two attached hydrogens (primary N) is 1. The highest BCUT2D eigenvalue weighted by molar-refractivity contribution is 5.27. The lowest BCUT2D eigenvalue weighted by atomic mass is 10.0. The second kappa shape index (κ2) is 5.06. The van der Waals surface area contributed by atoms with Crippen LogP contribution in [-0.2, 0) is 6.42 Å². The Balaban J connectivity index is 2.17. The van der Waals surface area contributed by atoms with Crippen LogP contribution in [0.15, 0.2) is 42.6 Å². The molecule has 0 bridgehead atoms. The van der Waals surface area contributed by atoms with Crippen LogP contribution in [0.25, 0.3) is 0 Å². The van der Waals surface area contributed by atoms with E-state index in [2.05, 4.69) is 4.98 Å². The van der Waals surface area contributed by atoms with Crippen molar-refractivity contribution in [1.29, 1.82) is 0 Å². The van der Waals surface area contributed by atoms with Gasteiger partial charge in [-0.25, -0.2) is 4.39 Å². The van der Waals surface area contributed by atoms with Crippen molar-refractivity contribution in [2.75, 3.05) is 0 Å². The summed E-state index contributed by atoms with van der Waals surface area (Å²) in [6.07, 6.45) is 2.26. The summed E-state index contributed by atoms with van der Waals surface area (Å²) in [4.78, 5) is 4.19. The average molecular weight is 230 g/mol. The molecule has 88 valence electrons. The number of halogens is 1. The van der Waals surface area contributed by atoms with E-state index in [1.807, 2.05) is 31.2 Å². The first-order valence-corrected chi connectivity index (χ1v) is 5.58. The zero-order chi connectivity index (χ0) is 12.3. The molecule has 2 nitrogen and oxygen atoms in total. The van der Waals surface area contributed by atoms with Crippen molar-refractivity contribution in [2.24, 2.45) is 5.73 Å². The van der Waals surface area contributed by atoms with Crippen molar-refractivity contribution in [3.63, 3.8) is 0 Å². The molecule has 0 aliphatic rings. The Kier molecular flexibility index (Phi) is 3.49. The number of hydrogen-bond donors (Lipinski definition) is 1. The second-order valence-electron chi connectivity index (χ2n) is 4.16. The van der Waals surface area contributed by atoms with Gasteiger partial charge in [0.1, 0.15) is 5.82 Å². The lowest BCUT2D eigenvalue weighted by Crippen LogP contribution is -2.15. The van der Waals surface area contributed by atoms with Gasteiger partial charge in [0.05, 0.1) is 0 Å². The number of rotatable bonds is 3. The second-order valence-corrected chi connectivity index (χ2v) is 4.16. The molecular formula is C14H15FN2. The summed E-state index contributed by atoms with van der Waals surface area (Å²) < 4.78 is 13.7. The maximum Gasteiger partial charge on any atom is 0.128 e. The van der Waals surface area contributed by atoms with E-state index in [1.165, 1.54) is 6.07 Å². The number of nitrogens with zero attached hydrogens (tertiary/aromatic N) is 1. The number of pyridine rings is 1. The van der Waals surface area contributed by atoms with Crippen molar-refractivity contribution >= 4 is 0 Å². The maximum atomic E-state index is 13.7. The first-order chi connectivity index (χ1) is 8.16. The molecule has 0 aliphatic carbocycles. The molecule has 1 heterocycles. The number of hydrogen-bond acceptors (Lipinski definition) is 2. The molecule has 2 aromatic rings. The number of aryl methyl sites for hydroxylation is 1. The molecule has 1 unspecified atom stereocenters. The Morgan fingerprint density at radius 2 is 2.12 bits per heavy atom. The molecule has 1 atom stereocenters. The Hall–Kier alpha value is -1.74. The molecule has 2 N–H and O–H groups in total. The van der Waals surface area contributed by atoms with Crippen LogP contribution < -0.4 is 5.73 Å². The molecule has 17 heavy (non-hydrogen) atoms.